The average Bonchev–Trinajstić information content (AvgIpc) is 3.19. The molecule has 1 heterocycles. The van der Waals surface area contributed by atoms with Crippen LogP contribution in [0.4, 0.5) is 4.79 Å². The summed E-state index contributed by atoms with van der Waals surface area (Å²) >= 11 is 0. The molecule has 8 heteroatoms. The van der Waals surface area contributed by atoms with Crippen LogP contribution in [0.1, 0.15) is 65.2 Å². The Balaban J connectivity index is 1.15. The number of urea groups is 1. The molecule has 4 N–H and O–H groups in total. The SMILES string of the molecule is C[C@H]([C@@H](O)c1ccccc1)N(C)C[C@@H]1C[C@H](c2ccc(CO)cc2)O[C@H](c2ccc(-c3ccccc3CNC(=O)NCc3ccccc3)cc2)O1. The van der Waals surface area contributed by atoms with Crippen LogP contribution in [0.15, 0.2) is 133 Å². The van der Waals surface area contributed by atoms with Crippen LogP contribution in [-0.4, -0.2) is 46.9 Å². The third-order valence-corrected chi connectivity index (χ3v) is 9.65. The fourth-order valence-corrected chi connectivity index (χ4v) is 6.48. The Kier molecular flexibility index (Phi) is 12.3. The first-order chi connectivity index (χ1) is 24.9. The number of likely N-dealkylation sites (N-methyl/N-ethyl adjacent to an activating group) is 1. The van der Waals surface area contributed by atoms with E-state index in [1.807, 2.05) is 129 Å². The minimum atomic E-state index is -0.636. The molecule has 0 bridgehead atoms. The molecule has 2 amide bonds. The molecule has 1 saturated heterocycles. The Hall–Kier alpha value is -4.83. The van der Waals surface area contributed by atoms with E-state index < -0.39 is 12.4 Å². The van der Waals surface area contributed by atoms with Crippen molar-refractivity contribution >= 4 is 6.03 Å². The van der Waals surface area contributed by atoms with Gasteiger partial charge in [0, 0.05) is 37.7 Å². The molecule has 51 heavy (non-hydrogen) atoms. The van der Waals surface area contributed by atoms with Crippen LogP contribution >= 0.6 is 0 Å². The number of carbonyl (C=O) groups is 1. The van der Waals surface area contributed by atoms with E-state index in [0.29, 0.717) is 26.1 Å². The number of aliphatic hydroxyl groups excluding tert-OH is 2. The monoisotopic (exact) mass is 685 g/mol. The van der Waals surface area contributed by atoms with Crippen LogP contribution in [-0.2, 0) is 29.2 Å². The van der Waals surface area contributed by atoms with E-state index in [4.69, 9.17) is 9.47 Å². The zero-order chi connectivity index (χ0) is 35.6. The lowest BCUT2D eigenvalue weighted by molar-refractivity contribution is -0.253. The molecule has 0 radical (unpaired) electrons. The summed E-state index contributed by atoms with van der Waals surface area (Å²) in [5.41, 5.74) is 7.76. The zero-order valence-electron chi connectivity index (χ0n) is 29.2. The van der Waals surface area contributed by atoms with Crippen LogP contribution in [0, 0.1) is 0 Å². The summed E-state index contributed by atoms with van der Waals surface area (Å²) in [7, 11) is 2.02. The summed E-state index contributed by atoms with van der Waals surface area (Å²) in [4.78, 5) is 14.7. The van der Waals surface area contributed by atoms with Crippen molar-refractivity contribution < 1.29 is 24.5 Å². The van der Waals surface area contributed by atoms with Crippen molar-refractivity contribution in [3.05, 3.63) is 167 Å². The van der Waals surface area contributed by atoms with Gasteiger partial charge in [-0.3, -0.25) is 4.90 Å². The van der Waals surface area contributed by atoms with Gasteiger partial charge in [-0.25, -0.2) is 4.79 Å². The number of hydrogen-bond donors (Lipinski definition) is 4. The number of nitrogens with zero attached hydrogens (tertiary/aromatic N) is 1. The first-order valence-corrected chi connectivity index (χ1v) is 17.6. The van der Waals surface area contributed by atoms with Gasteiger partial charge in [0.05, 0.1) is 24.9 Å². The zero-order valence-corrected chi connectivity index (χ0v) is 29.2. The molecule has 0 spiro atoms. The topological polar surface area (TPSA) is 103 Å². The quantitative estimate of drug-likeness (QED) is 0.103. The second kappa shape index (κ2) is 17.4. The molecule has 8 nitrogen and oxygen atoms in total. The Morgan fingerprint density at radius 2 is 1.39 bits per heavy atom. The Labute approximate surface area is 300 Å². The van der Waals surface area contributed by atoms with Crippen molar-refractivity contribution in [3.63, 3.8) is 0 Å². The van der Waals surface area contributed by atoms with Gasteiger partial charge < -0.3 is 30.3 Å². The lowest BCUT2D eigenvalue weighted by Crippen LogP contribution is -2.43. The number of carbonyl (C=O) groups excluding carboxylic acids is 1. The summed E-state index contributed by atoms with van der Waals surface area (Å²) in [6.45, 7) is 3.47. The van der Waals surface area contributed by atoms with Crippen LogP contribution < -0.4 is 10.6 Å². The molecule has 1 fully saturated rings. The molecule has 5 atom stereocenters. The summed E-state index contributed by atoms with van der Waals surface area (Å²) in [6, 6.07) is 43.3. The number of benzene rings is 5. The fourth-order valence-electron chi connectivity index (χ4n) is 6.48. The Bertz CT molecular complexity index is 1820. The highest BCUT2D eigenvalue weighted by Gasteiger charge is 2.34. The Morgan fingerprint density at radius 1 is 0.765 bits per heavy atom. The van der Waals surface area contributed by atoms with Crippen molar-refractivity contribution in [2.45, 2.75) is 63.7 Å². The second-order valence-corrected chi connectivity index (χ2v) is 13.2. The molecular weight excluding hydrogens is 638 g/mol. The number of aliphatic hydroxyl groups is 2. The first kappa shape index (κ1) is 36.0. The van der Waals surface area contributed by atoms with Crippen molar-refractivity contribution in [2.24, 2.45) is 0 Å². The normalized spacial score (nSPS) is 18.6. The highest BCUT2D eigenvalue weighted by atomic mass is 16.7. The molecule has 1 aliphatic rings. The maximum atomic E-state index is 12.6. The van der Waals surface area contributed by atoms with Crippen LogP contribution in [0.2, 0.25) is 0 Å². The van der Waals surface area contributed by atoms with Gasteiger partial charge in [0.25, 0.3) is 0 Å². The molecule has 264 valence electrons. The standard InChI is InChI=1S/C43H47N3O5/c1-30(41(48)35-13-7-4-8-14-35)46(2)28-38-25-40(34-19-17-32(29-47)18-20-34)51-42(50-38)36-23-21-33(22-24-36)39-16-10-9-15-37(39)27-45-43(49)44-26-31-11-5-3-6-12-31/h3-24,30,38,40-42,47-48H,25-29H2,1-2H3,(H2,44,45,49)/t30-,38+,40-,41-,42-/m1/s1. The summed E-state index contributed by atoms with van der Waals surface area (Å²) in [5.74, 6) is 0. The minimum absolute atomic E-state index is 0.0143. The smallest absolute Gasteiger partial charge is 0.315 e. The van der Waals surface area contributed by atoms with Gasteiger partial charge in [-0.1, -0.05) is 133 Å². The molecule has 0 aromatic heterocycles. The van der Waals surface area contributed by atoms with E-state index in [9.17, 15) is 15.0 Å². The average molecular weight is 686 g/mol. The van der Waals surface area contributed by atoms with Gasteiger partial charge in [0.15, 0.2) is 6.29 Å². The van der Waals surface area contributed by atoms with Crippen molar-refractivity contribution in [1.29, 1.82) is 0 Å². The van der Waals surface area contributed by atoms with Gasteiger partial charge in [-0.15, -0.1) is 0 Å². The molecule has 5 aromatic carbocycles. The van der Waals surface area contributed by atoms with Gasteiger partial charge >= 0.3 is 6.03 Å². The Morgan fingerprint density at radius 3 is 2.10 bits per heavy atom. The van der Waals surface area contributed by atoms with Crippen LogP contribution in [0.3, 0.4) is 0 Å². The largest absolute Gasteiger partial charge is 0.392 e. The second-order valence-electron chi connectivity index (χ2n) is 13.2. The van der Waals surface area contributed by atoms with Crippen LogP contribution in [0.5, 0.6) is 0 Å². The maximum Gasteiger partial charge on any atom is 0.315 e. The van der Waals surface area contributed by atoms with E-state index in [0.717, 1.165) is 44.5 Å². The summed E-state index contributed by atoms with van der Waals surface area (Å²) in [6.07, 6.45) is -0.980. The number of rotatable bonds is 13. The number of nitrogens with one attached hydrogen (secondary N) is 2. The first-order valence-electron chi connectivity index (χ1n) is 17.6. The van der Waals surface area contributed by atoms with Crippen LogP contribution in [0.25, 0.3) is 11.1 Å². The molecule has 5 aromatic rings. The molecule has 1 aliphatic heterocycles. The van der Waals surface area contributed by atoms with E-state index in [2.05, 4.69) is 33.7 Å². The summed E-state index contributed by atoms with van der Waals surface area (Å²) in [5, 5.41) is 26.6. The van der Waals surface area contributed by atoms with E-state index in [-0.39, 0.29) is 30.9 Å². The maximum absolute atomic E-state index is 12.6. The third-order valence-electron chi connectivity index (χ3n) is 9.65. The van der Waals surface area contributed by atoms with Gasteiger partial charge in [-0.2, -0.15) is 0 Å². The van der Waals surface area contributed by atoms with Crippen molar-refractivity contribution in [2.75, 3.05) is 13.6 Å². The highest BCUT2D eigenvalue weighted by molar-refractivity contribution is 5.75. The van der Waals surface area contributed by atoms with Gasteiger partial charge in [-0.05, 0) is 52.9 Å². The molecular formula is C43H47N3O5. The lowest BCUT2D eigenvalue weighted by Gasteiger charge is -2.39. The molecule has 6 rings (SSSR count). The van der Waals surface area contributed by atoms with E-state index in [1.54, 1.807) is 0 Å². The van der Waals surface area contributed by atoms with Crippen molar-refractivity contribution in [3.8, 4) is 11.1 Å². The molecule has 0 aliphatic carbocycles. The molecule has 0 saturated carbocycles. The predicted octanol–water partition coefficient (Wildman–Crippen LogP) is 7.44. The van der Waals surface area contributed by atoms with Crippen molar-refractivity contribution in [1.82, 2.24) is 15.5 Å². The minimum Gasteiger partial charge on any atom is -0.392 e. The highest BCUT2D eigenvalue weighted by Crippen LogP contribution is 2.39. The summed E-state index contributed by atoms with van der Waals surface area (Å²) < 4.78 is 13.2. The number of ether oxygens (including phenoxy) is 2. The fraction of sp³-hybridized carbons (Fsp3) is 0.279. The third kappa shape index (κ3) is 9.49. The van der Waals surface area contributed by atoms with Gasteiger partial charge in [0.1, 0.15) is 0 Å². The van der Waals surface area contributed by atoms with E-state index in [1.165, 1.54) is 0 Å². The predicted molar refractivity (Wildman–Crippen MR) is 199 cm³/mol. The van der Waals surface area contributed by atoms with E-state index >= 15 is 0 Å². The van der Waals surface area contributed by atoms with Gasteiger partial charge in [0.2, 0.25) is 0 Å². The number of amides is 2. The lowest BCUT2D eigenvalue weighted by atomic mass is 9.97. The number of hydrogen-bond acceptors (Lipinski definition) is 6. The molecule has 0 unspecified atom stereocenters.